The number of hydrogen-bond acceptors (Lipinski definition) is 2. The molecule has 1 aliphatic rings. The molecule has 2 rings (SSSR count). The Kier molecular flexibility index (Phi) is 5.23. The summed E-state index contributed by atoms with van der Waals surface area (Å²) in [6.07, 6.45) is 2.07. The van der Waals surface area contributed by atoms with Gasteiger partial charge < -0.3 is 15.2 Å². The monoisotopic (exact) mass is 271 g/mol. The molecule has 0 aliphatic carbocycles. The minimum atomic E-state index is 0. The van der Waals surface area contributed by atoms with Gasteiger partial charge in [0.2, 0.25) is 0 Å². The number of likely N-dealkylation sites (tertiary alicyclic amines) is 1. The lowest BCUT2D eigenvalue weighted by Crippen LogP contribution is -2.40. The third-order valence-corrected chi connectivity index (χ3v) is 3.83. The van der Waals surface area contributed by atoms with Crippen LogP contribution in [0.4, 0.5) is 0 Å². The molecule has 2 heterocycles. The molecule has 0 aromatic carbocycles. The first kappa shape index (κ1) is 15.1. The van der Waals surface area contributed by atoms with Crippen LogP contribution in [0.3, 0.4) is 0 Å². The van der Waals surface area contributed by atoms with Crippen LogP contribution in [-0.4, -0.2) is 35.0 Å². The average Bonchev–Trinajstić information content (AvgIpc) is 2.69. The van der Waals surface area contributed by atoms with Crippen LogP contribution < -0.4 is 5.73 Å². The SMILES string of the molecule is Cc1ccc(C(=O)N2CCC(CN)CC2)n1C.Cl. The quantitative estimate of drug-likeness (QED) is 0.888. The number of hydrogen-bond donors (Lipinski definition) is 1. The topological polar surface area (TPSA) is 51.3 Å². The third-order valence-electron chi connectivity index (χ3n) is 3.83. The Balaban J connectivity index is 0.00000162. The van der Waals surface area contributed by atoms with E-state index in [1.165, 1.54) is 0 Å². The number of piperidine rings is 1. The van der Waals surface area contributed by atoms with E-state index in [1.807, 2.05) is 35.6 Å². The summed E-state index contributed by atoms with van der Waals surface area (Å²) in [5.41, 5.74) is 7.56. The van der Waals surface area contributed by atoms with Gasteiger partial charge in [0, 0.05) is 25.8 Å². The molecule has 1 aliphatic heterocycles. The van der Waals surface area contributed by atoms with E-state index in [0.29, 0.717) is 5.92 Å². The van der Waals surface area contributed by atoms with Crippen LogP contribution in [0.2, 0.25) is 0 Å². The molecule has 0 saturated carbocycles. The van der Waals surface area contributed by atoms with Crippen molar-refractivity contribution in [1.29, 1.82) is 0 Å². The number of rotatable bonds is 2. The average molecular weight is 272 g/mol. The first-order valence-electron chi connectivity index (χ1n) is 6.25. The van der Waals surface area contributed by atoms with E-state index in [9.17, 15) is 4.79 Å². The van der Waals surface area contributed by atoms with Crippen molar-refractivity contribution in [3.8, 4) is 0 Å². The zero-order valence-electron chi connectivity index (χ0n) is 11.1. The Morgan fingerprint density at radius 2 is 2.00 bits per heavy atom. The number of nitrogens with two attached hydrogens (primary N) is 1. The van der Waals surface area contributed by atoms with E-state index in [0.717, 1.165) is 43.9 Å². The predicted octanol–water partition coefficient (Wildman–Crippen LogP) is 1.57. The van der Waals surface area contributed by atoms with Gasteiger partial charge in [-0.3, -0.25) is 4.79 Å². The molecule has 0 atom stereocenters. The lowest BCUT2D eigenvalue weighted by Gasteiger charge is -2.31. The van der Waals surface area contributed by atoms with Crippen molar-refractivity contribution in [3.63, 3.8) is 0 Å². The summed E-state index contributed by atoms with van der Waals surface area (Å²) in [7, 11) is 1.94. The number of aromatic nitrogens is 1. The highest BCUT2D eigenvalue weighted by atomic mass is 35.5. The Labute approximate surface area is 115 Å². The van der Waals surface area contributed by atoms with E-state index in [4.69, 9.17) is 5.73 Å². The van der Waals surface area contributed by atoms with Gasteiger partial charge >= 0.3 is 0 Å². The molecule has 0 spiro atoms. The van der Waals surface area contributed by atoms with Crippen molar-refractivity contribution in [2.45, 2.75) is 19.8 Å². The first-order chi connectivity index (χ1) is 8.13. The van der Waals surface area contributed by atoms with E-state index in [1.54, 1.807) is 0 Å². The lowest BCUT2D eigenvalue weighted by atomic mass is 9.97. The summed E-state index contributed by atoms with van der Waals surface area (Å²) < 4.78 is 1.96. The van der Waals surface area contributed by atoms with E-state index in [-0.39, 0.29) is 18.3 Å². The third kappa shape index (κ3) is 2.87. The van der Waals surface area contributed by atoms with Gasteiger partial charge in [-0.2, -0.15) is 0 Å². The molecule has 4 nitrogen and oxygen atoms in total. The number of amides is 1. The van der Waals surface area contributed by atoms with Gasteiger partial charge in [0.05, 0.1) is 0 Å². The van der Waals surface area contributed by atoms with Crippen molar-refractivity contribution in [2.75, 3.05) is 19.6 Å². The molecule has 1 aromatic rings. The highest BCUT2D eigenvalue weighted by Gasteiger charge is 2.24. The molecule has 0 radical (unpaired) electrons. The molecule has 18 heavy (non-hydrogen) atoms. The van der Waals surface area contributed by atoms with Crippen molar-refractivity contribution in [3.05, 3.63) is 23.5 Å². The van der Waals surface area contributed by atoms with Crippen LogP contribution in [0.25, 0.3) is 0 Å². The fraction of sp³-hybridized carbons (Fsp3) is 0.615. The summed E-state index contributed by atoms with van der Waals surface area (Å²) in [6, 6.07) is 3.90. The summed E-state index contributed by atoms with van der Waals surface area (Å²) >= 11 is 0. The highest BCUT2D eigenvalue weighted by Crippen LogP contribution is 2.18. The molecule has 102 valence electrons. The Bertz CT molecular complexity index is 408. The molecule has 5 heteroatoms. The molecule has 2 N–H and O–H groups in total. The second-order valence-electron chi connectivity index (χ2n) is 4.89. The number of aryl methyl sites for hydroxylation is 1. The Morgan fingerprint density at radius 1 is 1.39 bits per heavy atom. The zero-order valence-corrected chi connectivity index (χ0v) is 11.9. The molecule has 0 unspecified atom stereocenters. The van der Waals surface area contributed by atoms with Crippen LogP contribution in [0.15, 0.2) is 12.1 Å². The van der Waals surface area contributed by atoms with Crippen molar-refractivity contribution in [1.82, 2.24) is 9.47 Å². The number of halogens is 1. The van der Waals surface area contributed by atoms with Gasteiger partial charge in [-0.25, -0.2) is 0 Å². The molecule has 1 aromatic heterocycles. The van der Waals surface area contributed by atoms with Gasteiger partial charge in [-0.15, -0.1) is 12.4 Å². The summed E-state index contributed by atoms with van der Waals surface area (Å²) in [5, 5.41) is 0. The minimum Gasteiger partial charge on any atom is -0.344 e. The van der Waals surface area contributed by atoms with Crippen LogP contribution in [0.1, 0.15) is 29.0 Å². The van der Waals surface area contributed by atoms with Crippen molar-refractivity contribution in [2.24, 2.45) is 18.7 Å². The van der Waals surface area contributed by atoms with Crippen molar-refractivity contribution >= 4 is 18.3 Å². The molecule has 1 saturated heterocycles. The fourth-order valence-electron chi connectivity index (χ4n) is 2.36. The normalized spacial score (nSPS) is 16.5. The van der Waals surface area contributed by atoms with E-state index in [2.05, 4.69) is 0 Å². The number of carbonyl (C=O) groups is 1. The Morgan fingerprint density at radius 3 is 2.44 bits per heavy atom. The van der Waals surface area contributed by atoms with Gasteiger partial charge in [0.1, 0.15) is 5.69 Å². The molecule has 1 amide bonds. The minimum absolute atomic E-state index is 0. The van der Waals surface area contributed by atoms with Crippen LogP contribution >= 0.6 is 12.4 Å². The van der Waals surface area contributed by atoms with Gasteiger partial charge in [0.25, 0.3) is 5.91 Å². The fourth-order valence-corrected chi connectivity index (χ4v) is 2.36. The Hall–Kier alpha value is -1.00. The van der Waals surface area contributed by atoms with Gasteiger partial charge in [-0.05, 0) is 44.4 Å². The molecule has 1 fully saturated rings. The number of nitrogens with zero attached hydrogens (tertiary/aromatic N) is 2. The van der Waals surface area contributed by atoms with Gasteiger partial charge in [0.15, 0.2) is 0 Å². The maximum absolute atomic E-state index is 12.3. The smallest absolute Gasteiger partial charge is 0.270 e. The summed E-state index contributed by atoms with van der Waals surface area (Å²) in [6.45, 7) is 4.43. The number of carbonyl (C=O) groups excluding carboxylic acids is 1. The molecular formula is C13H22ClN3O. The summed E-state index contributed by atoms with van der Waals surface area (Å²) in [5.74, 6) is 0.741. The molecule has 0 bridgehead atoms. The van der Waals surface area contributed by atoms with Crippen LogP contribution in [0, 0.1) is 12.8 Å². The standard InChI is InChI=1S/C13H21N3O.ClH/c1-10-3-4-12(15(10)2)13(17)16-7-5-11(9-14)6-8-16;/h3-4,11H,5-9,14H2,1-2H3;1H. The van der Waals surface area contributed by atoms with Crippen LogP contribution in [0.5, 0.6) is 0 Å². The zero-order chi connectivity index (χ0) is 12.4. The second kappa shape index (κ2) is 6.25. The van der Waals surface area contributed by atoms with Crippen LogP contribution in [-0.2, 0) is 7.05 Å². The molecular weight excluding hydrogens is 250 g/mol. The van der Waals surface area contributed by atoms with Gasteiger partial charge in [-0.1, -0.05) is 0 Å². The van der Waals surface area contributed by atoms with E-state index >= 15 is 0 Å². The second-order valence-corrected chi connectivity index (χ2v) is 4.89. The predicted molar refractivity (Wildman–Crippen MR) is 75.1 cm³/mol. The van der Waals surface area contributed by atoms with Crippen molar-refractivity contribution < 1.29 is 4.79 Å². The summed E-state index contributed by atoms with van der Waals surface area (Å²) in [4.78, 5) is 14.2. The maximum Gasteiger partial charge on any atom is 0.270 e. The lowest BCUT2D eigenvalue weighted by molar-refractivity contribution is 0.0683. The maximum atomic E-state index is 12.3. The highest BCUT2D eigenvalue weighted by molar-refractivity contribution is 5.93. The van der Waals surface area contributed by atoms with E-state index < -0.39 is 0 Å². The first-order valence-corrected chi connectivity index (χ1v) is 6.25. The largest absolute Gasteiger partial charge is 0.344 e.